The topological polar surface area (TPSA) is 51.4 Å². The number of aromatic nitrogens is 1. The van der Waals surface area contributed by atoms with E-state index in [1.54, 1.807) is 7.11 Å². The van der Waals surface area contributed by atoms with Gasteiger partial charge < -0.3 is 15.4 Å². The number of methoxy groups -OCH3 is 1. The number of nitrogen functional groups attached to an aromatic ring is 1. The van der Waals surface area contributed by atoms with E-state index in [0.717, 1.165) is 42.7 Å². The number of aryl methyl sites for hydroxylation is 1. The quantitative estimate of drug-likeness (QED) is 0.861. The molecule has 4 heteroatoms. The molecular formula is C17H23N3O. The lowest BCUT2D eigenvalue weighted by atomic mass is 9.93. The molecule has 2 N–H and O–H groups in total. The van der Waals surface area contributed by atoms with Crippen molar-refractivity contribution in [3.8, 4) is 0 Å². The van der Waals surface area contributed by atoms with E-state index >= 15 is 0 Å². The number of hydrogen-bond acceptors (Lipinski definition) is 4. The van der Waals surface area contributed by atoms with E-state index in [1.807, 2.05) is 19.2 Å². The summed E-state index contributed by atoms with van der Waals surface area (Å²) in [6.45, 7) is 6.16. The molecule has 1 aromatic heterocycles. The summed E-state index contributed by atoms with van der Waals surface area (Å²) in [5, 5.41) is 2.21. The monoisotopic (exact) mass is 285 g/mol. The van der Waals surface area contributed by atoms with Gasteiger partial charge in [-0.25, -0.2) is 0 Å². The second-order valence-electron chi connectivity index (χ2n) is 6.22. The van der Waals surface area contributed by atoms with Crippen LogP contribution in [0.25, 0.3) is 10.8 Å². The van der Waals surface area contributed by atoms with E-state index in [4.69, 9.17) is 10.5 Å². The van der Waals surface area contributed by atoms with Crippen molar-refractivity contribution in [3.05, 3.63) is 30.1 Å². The highest BCUT2D eigenvalue weighted by Gasteiger charge is 2.31. The van der Waals surface area contributed by atoms with Crippen molar-refractivity contribution in [1.29, 1.82) is 0 Å². The third-order valence-electron chi connectivity index (χ3n) is 4.54. The number of nitrogens with two attached hydrogens (primary N) is 1. The van der Waals surface area contributed by atoms with Crippen LogP contribution in [0.1, 0.15) is 25.5 Å². The van der Waals surface area contributed by atoms with Gasteiger partial charge in [-0.1, -0.05) is 0 Å². The second kappa shape index (κ2) is 5.19. The average Bonchev–Trinajstić information content (AvgIpc) is 2.47. The van der Waals surface area contributed by atoms with Gasteiger partial charge in [0.25, 0.3) is 0 Å². The number of rotatable bonds is 2. The van der Waals surface area contributed by atoms with Crippen molar-refractivity contribution in [1.82, 2.24) is 4.98 Å². The molecule has 1 fully saturated rings. The van der Waals surface area contributed by atoms with E-state index < -0.39 is 0 Å². The van der Waals surface area contributed by atoms with E-state index in [2.05, 4.69) is 28.9 Å². The van der Waals surface area contributed by atoms with Gasteiger partial charge >= 0.3 is 0 Å². The number of piperidine rings is 1. The zero-order valence-corrected chi connectivity index (χ0v) is 13.0. The Hall–Kier alpha value is -1.81. The van der Waals surface area contributed by atoms with Gasteiger partial charge in [0.15, 0.2) is 0 Å². The largest absolute Gasteiger partial charge is 0.398 e. The minimum atomic E-state index is -0.0754. The second-order valence-corrected chi connectivity index (χ2v) is 6.22. The minimum Gasteiger partial charge on any atom is -0.398 e. The van der Waals surface area contributed by atoms with Crippen LogP contribution in [0.15, 0.2) is 24.4 Å². The molecule has 0 saturated carbocycles. The molecule has 1 aromatic carbocycles. The van der Waals surface area contributed by atoms with Gasteiger partial charge in [-0.05, 0) is 44.9 Å². The first-order valence-electron chi connectivity index (χ1n) is 7.47. The number of benzene rings is 1. The van der Waals surface area contributed by atoms with Gasteiger partial charge in [0.2, 0.25) is 0 Å². The fraction of sp³-hybridized carbons (Fsp3) is 0.471. The zero-order valence-electron chi connectivity index (χ0n) is 13.0. The van der Waals surface area contributed by atoms with E-state index in [0.29, 0.717) is 0 Å². The number of anilines is 2. The van der Waals surface area contributed by atoms with Gasteiger partial charge in [-0.3, -0.25) is 4.98 Å². The summed E-state index contributed by atoms with van der Waals surface area (Å²) in [4.78, 5) is 6.79. The van der Waals surface area contributed by atoms with Crippen molar-refractivity contribution in [2.24, 2.45) is 0 Å². The van der Waals surface area contributed by atoms with Gasteiger partial charge in [-0.2, -0.15) is 0 Å². The molecule has 0 spiro atoms. The number of ether oxygens (including phenoxy) is 1. The molecule has 0 radical (unpaired) electrons. The highest BCUT2D eigenvalue weighted by Crippen LogP contribution is 2.35. The SMILES string of the molecule is COC1(C)CCCN(c2ccc(N)c3cnc(C)cc23)C1. The van der Waals surface area contributed by atoms with Crippen molar-refractivity contribution in [2.45, 2.75) is 32.3 Å². The summed E-state index contributed by atoms with van der Waals surface area (Å²) in [5.41, 5.74) is 9.05. The van der Waals surface area contributed by atoms with Crippen molar-refractivity contribution in [2.75, 3.05) is 30.8 Å². The summed E-state index contributed by atoms with van der Waals surface area (Å²) in [5.74, 6) is 0. The molecule has 1 atom stereocenters. The number of hydrogen-bond donors (Lipinski definition) is 1. The summed E-state index contributed by atoms with van der Waals surface area (Å²) in [7, 11) is 1.80. The molecule has 0 aliphatic carbocycles. The Morgan fingerprint density at radius 3 is 2.90 bits per heavy atom. The molecule has 1 saturated heterocycles. The first kappa shape index (κ1) is 14.1. The maximum Gasteiger partial charge on any atom is 0.0825 e. The molecule has 1 aliphatic rings. The predicted octanol–water partition coefficient (Wildman–Crippen LogP) is 3.13. The minimum absolute atomic E-state index is 0.0754. The third kappa shape index (κ3) is 2.56. The first-order valence-corrected chi connectivity index (χ1v) is 7.47. The molecular weight excluding hydrogens is 262 g/mol. The molecule has 2 aromatic rings. The lowest BCUT2D eigenvalue weighted by molar-refractivity contribution is -0.00459. The van der Waals surface area contributed by atoms with Crippen LogP contribution in [-0.2, 0) is 4.74 Å². The average molecular weight is 285 g/mol. The Bertz CT molecular complexity index is 670. The molecule has 112 valence electrons. The summed E-state index contributed by atoms with van der Waals surface area (Å²) in [6.07, 6.45) is 4.12. The molecule has 1 unspecified atom stereocenters. The van der Waals surface area contributed by atoms with E-state index in [-0.39, 0.29) is 5.60 Å². The predicted molar refractivity (Wildman–Crippen MR) is 87.8 cm³/mol. The lowest BCUT2D eigenvalue weighted by Gasteiger charge is -2.41. The van der Waals surface area contributed by atoms with Crippen LogP contribution in [-0.4, -0.2) is 30.8 Å². The van der Waals surface area contributed by atoms with Crippen LogP contribution < -0.4 is 10.6 Å². The van der Waals surface area contributed by atoms with Gasteiger partial charge in [0.05, 0.1) is 5.60 Å². The third-order valence-corrected chi connectivity index (χ3v) is 4.54. The maximum absolute atomic E-state index is 6.10. The van der Waals surface area contributed by atoms with Crippen molar-refractivity contribution < 1.29 is 4.74 Å². The van der Waals surface area contributed by atoms with E-state index in [1.165, 1.54) is 11.1 Å². The van der Waals surface area contributed by atoms with Crippen LogP contribution in [0.4, 0.5) is 11.4 Å². The Morgan fingerprint density at radius 1 is 1.33 bits per heavy atom. The number of nitrogens with zero attached hydrogens (tertiary/aromatic N) is 2. The summed E-state index contributed by atoms with van der Waals surface area (Å²) in [6, 6.07) is 6.23. The Balaban J connectivity index is 2.08. The molecule has 4 nitrogen and oxygen atoms in total. The normalized spacial score (nSPS) is 22.7. The van der Waals surface area contributed by atoms with E-state index in [9.17, 15) is 0 Å². The fourth-order valence-electron chi connectivity index (χ4n) is 3.20. The standard InChI is InChI=1S/C17H23N3O/c1-12-9-13-14(10-19-12)15(18)5-6-16(13)20-8-4-7-17(2,11-20)21-3/h5-6,9-10H,4,7-8,11,18H2,1-3H3. The van der Waals surface area contributed by atoms with Crippen LogP contribution in [0.5, 0.6) is 0 Å². The Morgan fingerprint density at radius 2 is 2.14 bits per heavy atom. The Labute approximate surface area is 125 Å². The van der Waals surface area contributed by atoms with Crippen LogP contribution >= 0.6 is 0 Å². The zero-order chi connectivity index (χ0) is 15.0. The number of fused-ring (bicyclic) bond motifs is 1. The van der Waals surface area contributed by atoms with Crippen LogP contribution in [0, 0.1) is 6.92 Å². The van der Waals surface area contributed by atoms with Crippen molar-refractivity contribution >= 4 is 22.1 Å². The van der Waals surface area contributed by atoms with Crippen LogP contribution in [0.2, 0.25) is 0 Å². The molecule has 3 rings (SSSR count). The fourth-order valence-corrected chi connectivity index (χ4v) is 3.20. The molecule has 1 aliphatic heterocycles. The highest BCUT2D eigenvalue weighted by molar-refractivity contribution is 6.01. The number of pyridine rings is 1. The summed E-state index contributed by atoms with van der Waals surface area (Å²) < 4.78 is 5.71. The molecule has 0 amide bonds. The molecule has 0 bridgehead atoms. The maximum atomic E-state index is 6.10. The first-order chi connectivity index (χ1) is 10.0. The smallest absolute Gasteiger partial charge is 0.0825 e. The van der Waals surface area contributed by atoms with Gasteiger partial charge in [0, 0.05) is 54.2 Å². The molecule has 21 heavy (non-hydrogen) atoms. The summed E-state index contributed by atoms with van der Waals surface area (Å²) >= 11 is 0. The molecule has 2 heterocycles. The Kier molecular flexibility index (Phi) is 3.49. The van der Waals surface area contributed by atoms with Crippen molar-refractivity contribution in [3.63, 3.8) is 0 Å². The van der Waals surface area contributed by atoms with Gasteiger partial charge in [-0.15, -0.1) is 0 Å². The van der Waals surface area contributed by atoms with Gasteiger partial charge in [0.1, 0.15) is 0 Å². The highest BCUT2D eigenvalue weighted by atomic mass is 16.5. The lowest BCUT2D eigenvalue weighted by Crippen LogP contribution is -2.47. The van der Waals surface area contributed by atoms with Crippen LogP contribution in [0.3, 0.4) is 0 Å².